The predicted octanol–water partition coefficient (Wildman–Crippen LogP) is 4.56. The molecule has 0 saturated carbocycles. The number of fused-ring (bicyclic) bond motifs is 1. The van der Waals surface area contributed by atoms with Crippen LogP contribution in [0.3, 0.4) is 0 Å². The number of para-hydroxylation sites is 1. The van der Waals surface area contributed by atoms with Crippen LogP contribution in [0.5, 0.6) is 0 Å². The van der Waals surface area contributed by atoms with Gasteiger partial charge in [0.1, 0.15) is 17.4 Å². The van der Waals surface area contributed by atoms with Gasteiger partial charge >= 0.3 is 0 Å². The first-order chi connectivity index (χ1) is 10.2. The molecule has 0 amide bonds. The summed E-state index contributed by atoms with van der Waals surface area (Å²) in [5.41, 5.74) is 2.34. The highest BCUT2D eigenvalue weighted by atomic mass is 79.9. The lowest BCUT2D eigenvalue weighted by Gasteiger charge is -2.07. The van der Waals surface area contributed by atoms with Gasteiger partial charge in [-0.3, -0.25) is 0 Å². The molecule has 3 nitrogen and oxygen atoms in total. The van der Waals surface area contributed by atoms with Crippen LogP contribution in [0.25, 0.3) is 11.0 Å². The van der Waals surface area contributed by atoms with Crippen molar-refractivity contribution in [3.63, 3.8) is 0 Å². The van der Waals surface area contributed by atoms with Crippen molar-refractivity contribution in [3.05, 3.63) is 50.4 Å². The lowest BCUT2D eigenvalue weighted by atomic mass is 10.2. The van der Waals surface area contributed by atoms with E-state index in [1.165, 1.54) is 4.88 Å². The summed E-state index contributed by atoms with van der Waals surface area (Å²) < 4.78 is 3.25. The molecular formula is C15H11BrClN3S. The molecule has 0 saturated heterocycles. The number of aryl methyl sites for hydroxylation is 1. The number of alkyl halides is 1. The molecule has 0 aliphatic rings. The molecule has 0 unspecified atom stereocenters. The van der Waals surface area contributed by atoms with Gasteiger partial charge in [-0.2, -0.15) is 5.26 Å². The van der Waals surface area contributed by atoms with Crippen molar-refractivity contribution in [1.29, 1.82) is 5.26 Å². The summed E-state index contributed by atoms with van der Waals surface area (Å²) in [6.45, 7) is 0.732. The van der Waals surface area contributed by atoms with Crippen LogP contribution in [0.4, 0.5) is 0 Å². The van der Waals surface area contributed by atoms with E-state index in [2.05, 4.69) is 36.9 Å². The Labute approximate surface area is 139 Å². The quantitative estimate of drug-likeness (QED) is 0.623. The molecule has 0 aliphatic carbocycles. The molecule has 0 fully saturated rings. The van der Waals surface area contributed by atoms with Crippen LogP contribution in [0.15, 0.2) is 34.1 Å². The number of nitrogens with zero attached hydrogens (tertiary/aromatic N) is 3. The molecule has 0 atom stereocenters. The second kappa shape index (κ2) is 6.18. The Morgan fingerprint density at radius 3 is 2.90 bits per heavy atom. The zero-order valence-corrected chi connectivity index (χ0v) is 14.2. The number of halogens is 2. The molecule has 0 N–H and O–H groups in total. The largest absolute Gasteiger partial charge is 0.323 e. The normalized spacial score (nSPS) is 10.9. The first-order valence-corrected chi connectivity index (χ1v) is 8.61. The van der Waals surface area contributed by atoms with E-state index in [4.69, 9.17) is 11.6 Å². The van der Waals surface area contributed by atoms with Crippen LogP contribution in [0.1, 0.15) is 16.3 Å². The standard InChI is InChI=1S/C15H11BrClN3S/c16-11-5-7-21-13(11)9-20-12-3-1-2-10(8-18)15(12)19-14(20)4-6-17/h1-3,5,7H,4,6,9H2. The molecule has 2 aromatic heterocycles. The highest BCUT2D eigenvalue weighted by Gasteiger charge is 2.14. The Hall–Kier alpha value is -1.35. The summed E-state index contributed by atoms with van der Waals surface area (Å²) >= 11 is 11.2. The second-order valence-electron chi connectivity index (χ2n) is 4.53. The lowest BCUT2D eigenvalue weighted by Crippen LogP contribution is -2.05. The maximum atomic E-state index is 9.24. The molecule has 3 rings (SSSR count). The van der Waals surface area contributed by atoms with Gasteiger partial charge < -0.3 is 4.57 Å². The predicted molar refractivity (Wildman–Crippen MR) is 90.0 cm³/mol. The summed E-state index contributed by atoms with van der Waals surface area (Å²) in [4.78, 5) is 5.86. The SMILES string of the molecule is N#Cc1cccc2c1nc(CCCl)n2Cc1sccc1Br. The average Bonchev–Trinajstić information content (AvgIpc) is 3.05. The second-order valence-corrected chi connectivity index (χ2v) is 6.76. The van der Waals surface area contributed by atoms with Crippen molar-refractivity contribution in [2.24, 2.45) is 0 Å². The molecule has 21 heavy (non-hydrogen) atoms. The van der Waals surface area contributed by atoms with Gasteiger partial charge in [-0.05, 0) is 39.5 Å². The van der Waals surface area contributed by atoms with Crippen LogP contribution in [-0.2, 0) is 13.0 Å². The smallest absolute Gasteiger partial charge is 0.111 e. The third-order valence-electron chi connectivity index (χ3n) is 3.29. The monoisotopic (exact) mass is 379 g/mol. The number of hydrogen-bond acceptors (Lipinski definition) is 3. The van der Waals surface area contributed by atoms with Crippen molar-refractivity contribution in [3.8, 4) is 6.07 Å². The first kappa shape index (κ1) is 14.6. The van der Waals surface area contributed by atoms with Crippen LogP contribution >= 0.6 is 38.9 Å². The number of benzene rings is 1. The maximum absolute atomic E-state index is 9.24. The van der Waals surface area contributed by atoms with Gasteiger partial charge in [0, 0.05) is 21.7 Å². The topological polar surface area (TPSA) is 41.6 Å². The summed E-state index contributed by atoms with van der Waals surface area (Å²) in [5.74, 6) is 1.43. The fraction of sp³-hybridized carbons (Fsp3) is 0.200. The summed E-state index contributed by atoms with van der Waals surface area (Å²) in [6.07, 6.45) is 0.685. The van der Waals surface area contributed by atoms with E-state index in [1.807, 2.05) is 18.2 Å². The Bertz CT molecular complexity index is 831. The zero-order valence-electron chi connectivity index (χ0n) is 11.0. The van der Waals surface area contributed by atoms with E-state index in [1.54, 1.807) is 17.4 Å². The van der Waals surface area contributed by atoms with Crippen LogP contribution in [0.2, 0.25) is 0 Å². The Morgan fingerprint density at radius 1 is 1.38 bits per heavy atom. The number of hydrogen-bond donors (Lipinski definition) is 0. The molecule has 0 bridgehead atoms. The number of imidazole rings is 1. The Kier molecular flexibility index (Phi) is 4.29. The fourth-order valence-electron chi connectivity index (χ4n) is 2.32. The van der Waals surface area contributed by atoms with E-state index in [-0.39, 0.29) is 0 Å². The van der Waals surface area contributed by atoms with Crippen molar-refractivity contribution in [1.82, 2.24) is 9.55 Å². The van der Waals surface area contributed by atoms with Gasteiger partial charge in [-0.25, -0.2) is 4.98 Å². The molecule has 6 heteroatoms. The number of aromatic nitrogens is 2. The van der Waals surface area contributed by atoms with E-state index in [9.17, 15) is 5.26 Å². The fourth-order valence-corrected chi connectivity index (χ4v) is 3.95. The minimum atomic E-state index is 0.511. The van der Waals surface area contributed by atoms with Crippen LogP contribution in [0, 0.1) is 11.3 Å². The van der Waals surface area contributed by atoms with Gasteiger partial charge in [0.15, 0.2) is 0 Å². The van der Waals surface area contributed by atoms with E-state index in [0.29, 0.717) is 17.9 Å². The molecule has 0 radical (unpaired) electrons. The molecular weight excluding hydrogens is 370 g/mol. The van der Waals surface area contributed by atoms with E-state index >= 15 is 0 Å². The molecule has 3 aromatic rings. The van der Waals surface area contributed by atoms with E-state index in [0.717, 1.165) is 27.9 Å². The highest BCUT2D eigenvalue weighted by Crippen LogP contribution is 2.27. The number of nitriles is 1. The van der Waals surface area contributed by atoms with Gasteiger partial charge in [0.25, 0.3) is 0 Å². The minimum absolute atomic E-state index is 0.511. The third kappa shape index (κ3) is 2.71. The minimum Gasteiger partial charge on any atom is -0.323 e. The average molecular weight is 381 g/mol. The van der Waals surface area contributed by atoms with Crippen molar-refractivity contribution in [2.75, 3.05) is 5.88 Å². The molecule has 106 valence electrons. The third-order valence-corrected chi connectivity index (χ3v) is 5.39. The summed E-state index contributed by atoms with van der Waals surface area (Å²) in [7, 11) is 0. The number of rotatable bonds is 4. The van der Waals surface area contributed by atoms with Crippen LogP contribution < -0.4 is 0 Å². The highest BCUT2D eigenvalue weighted by molar-refractivity contribution is 9.10. The molecule has 0 spiro atoms. The number of thiophene rings is 1. The van der Waals surface area contributed by atoms with Gasteiger partial charge in [0.2, 0.25) is 0 Å². The van der Waals surface area contributed by atoms with Gasteiger partial charge in [-0.1, -0.05) is 6.07 Å². The molecule has 1 aromatic carbocycles. The van der Waals surface area contributed by atoms with Gasteiger partial charge in [0.05, 0.1) is 17.6 Å². The lowest BCUT2D eigenvalue weighted by molar-refractivity contribution is 0.761. The van der Waals surface area contributed by atoms with Gasteiger partial charge in [-0.15, -0.1) is 22.9 Å². The Balaban J connectivity index is 2.17. The van der Waals surface area contributed by atoms with Crippen molar-refractivity contribution >= 4 is 49.9 Å². The first-order valence-electron chi connectivity index (χ1n) is 6.40. The van der Waals surface area contributed by atoms with Crippen molar-refractivity contribution < 1.29 is 0 Å². The van der Waals surface area contributed by atoms with E-state index < -0.39 is 0 Å². The summed E-state index contributed by atoms with van der Waals surface area (Å²) in [5, 5.41) is 11.3. The molecule has 0 aliphatic heterocycles. The zero-order chi connectivity index (χ0) is 14.8. The van der Waals surface area contributed by atoms with Crippen molar-refractivity contribution in [2.45, 2.75) is 13.0 Å². The maximum Gasteiger partial charge on any atom is 0.111 e. The molecule has 2 heterocycles. The van der Waals surface area contributed by atoms with Crippen LogP contribution in [-0.4, -0.2) is 15.4 Å². The Morgan fingerprint density at radius 2 is 2.24 bits per heavy atom. The summed E-state index contributed by atoms with van der Waals surface area (Å²) in [6, 6.07) is 9.95.